The van der Waals surface area contributed by atoms with E-state index >= 15 is 0 Å². The van der Waals surface area contributed by atoms with Crippen molar-refractivity contribution in [2.75, 3.05) is 19.8 Å². The van der Waals surface area contributed by atoms with Crippen LogP contribution in [0.1, 0.15) is 17.2 Å². The number of phenolic OH excluding ortho intramolecular Hbond substituents is 1. The van der Waals surface area contributed by atoms with Gasteiger partial charge in [-0.1, -0.05) is 60.7 Å². The second kappa shape index (κ2) is 7.78. The first-order chi connectivity index (χ1) is 13.2. The number of fused-ring (bicyclic) bond motifs is 1. The molecule has 0 aromatic heterocycles. The monoisotopic (exact) mass is 363 g/mol. The van der Waals surface area contributed by atoms with Gasteiger partial charge in [0.15, 0.2) is 6.10 Å². The molecular weight excluding hydrogens is 342 g/mol. The van der Waals surface area contributed by atoms with Crippen LogP contribution in [0.5, 0.6) is 5.75 Å². The molecule has 2 N–H and O–H groups in total. The van der Waals surface area contributed by atoms with Crippen molar-refractivity contribution in [1.29, 1.82) is 0 Å². The first kappa shape index (κ1) is 17.5. The molecule has 2 atom stereocenters. The van der Waals surface area contributed by atoms with E-state index in [1.807, 2.05) is 60.7 Å². The number of rotatable bonds is 4. The number of carbonyl (C=O) groups is 1. The van der Waals surface area contributed by atoms with Crippen LogP contribution in [0.3, 0.4) is 0 Å². The van der Waals surface area contributed by atoms with Gasteiger partial charge in [0.1, 0.15) is 5.75 Å². The Morgan fingerprint density at radius 2 is 1.78 bits per heavy atom. The van der Waals surface area contributed by atoms with Gasteiger partial charge in [0.05, 0.1) is 25.9 Å². The number of nitrogens with one attached hydrogen (secondary N) is 1. The first-order valence-corrected chi connectivity index (χ1v) is 8.99. The molecule has 27 heavy (non-hydrogen) atoms. The van der Waals surface area contributed by atoms with Gasteiger partial charge in [0, 0.05) is 5.56 Å². The smallest absolute Gasteiger partial charge is 0.252 e. The average molecular weight is 363 g/mol. The summed E-state index contributed by atoms with van der Waals surface area (Å²) in [4.78, 5) is 12.8. The van der Waals surface area contributed by atoms with Crippen molar-refractivity contribution in [2.24, 2.45) is 0 Å². The molecule has 1 aliphatic rings. The molecular formula is C22H21NO4. The normalized spacial score (nSPS) is 18.1. The number of hydrogen-bond donors (Lipinski definition) is 2. The molecule has 3 aromatic rings. The van der Waals surface area contributed by atoms with Gasteiger partial charge in [-0.25, -0.2) is 0 Å². The Kier molecular flexibility index (Phi) is 5.05. The van der Waals surface area contributed by atoms with Crippen molar-refractivity contribution < 1.29 is 19.4 Å². The standard InChI is InChI=1S/C22H21NO4/c24-18-11-10-15-6-4-5-9-17(15)20(18)21(16-7-2-1-3-8-16)23-22(25)19-14-26-12-13-27-19/h1-11,19,21,24H,12-14H2,(H,23,25)/t19-,21+/m0/s1. The second-order valence-corrected chi connectivity index (χ2v) is 6.51. The number of phenols is 1. The van der Waals surface area contributed by atoms with Gasteiger partial charge >= 0.3 is 0 Å². The third-order valence-corrected chi connectivity index (χ3v) is 4.76. The third-order valence-electron chi connectivity index (χ3n) is 4.76. The highest BCUT2D eigenvalue weighted by molar-refractivity contribution is 5.90. The summed E-state index contributed by atoms with van der Waals surface area (Å²) in [6.07, 6.45) is -0.651. The summed E-state index contributed by atoms with van der Waals surface area (Å²) in [6.45, 7) is 1.12. The fourth-order valence-corrected chi connectivity index (χ4v) is 3.43. The molecule has 0 unspecified atom stereocenters. The zero-order valence-corrected chi connectivity index (χ0v) is 14.8. The van der Waals surface area contributed by atoms with Crippen LogP contribution in [0.2, 0.25) is 0 Å². The molecule has 4 rings (SSSR count). The van der Waals surface area contributed by atoms with Crippen LogP contribution in [0.4, 0.5) is 0 Å². The van der Waals surface area contributed by atoms with Gasteiger partial charge in [-0.2, -0.15) is 0 Å². The lowest BCUT2D eigenvalue weighted by Crippen LogP contribution is -2.44. The number of carbonyl (C=O) groups excluding carboxylic acids is 1. The number of aromatic hydroxyl groups is 1. The molecule has 3 aromatic carbocycles. The lowest BCUT2D eigenvalue weighted by atomic mass is 9.92. The van der Waals surface area contributed by atoms with Gasteiger partial charge in [0.2, 0.25) is 0 Å². The highest BCUT2D eigenvalue weighted by Gasteiger charge is 2.28. The van der Waals surface area contributed by atoms with E-state index in [0.29, 0.717) is 18.8 Å². The summed E-state index contributed by atoms with van der Waals surface area (Å²) < 4.78 is 10.9. The largest absolute Gasteiger partial charge is 0.508 e. The Labute approximate surface area is 157 Å². The zero-order chi connectivity index (χ0) is 18.6. The van der Waals surface area contributed by atoms with Crippen LogP contribution in [0, 0.1) is 0 Å². The van der Waals surface area contributed by atoms with Gasteiger partial charge in [0.25, 0.3) is 5.91 Å². The maximum Gasteiger partial charge on any atom is 0.252 e. The van der Waals surface area contributed by atoms with E-state index in [1.54, 1.807) is 6.07 Å². The van der Waals surface area contributed by atoms with Crippen LogP contribution >= 0.6 is 0 Å². The number of benzene rings is 3. The summed E-state index contributed by atoms with van der Waals surface area (Å²) in [5.74, 6) is -0.112. The molecule has 0 spiro atoms. The summed E-state index contributed by atoms with van der Waals surface area (Å²) in [7, 11) is 0. The minimum absolute atomic E-state index is 0.142. The molecule has 138 valence electrons. The van der Waals surface area contributed by atoms with Crippen molar-refractivity contribution in [3.63, 3.8) is 0 Å². The molecule has 0 saturated carbocycles. The Morgan fingerprint density at radius 1 is 1.00 bits per heavy atom. The van der Waals surface area contributed by atoms with E-state index in [2.05, 4.69) is 5.32 Å². The third kappa shape index (κ3) is 3.65. The van der Waals surface area contributed by atoms with Crippen molar-refractivity contribution in [1.82, 2.24) is 5.32 Å². The van der Waals surface area contributed by atoms with Crippen LogP contribution in [-0.2, 0) is 14.3 Å². The summed E-state index contributed by atoms with van der Waals surface area (Å²) in [5, 5.41) is 15.6. The Hall–Kier alpha value is -2.89. The molecule has 0 aliphatic carbocycles. The van der Waals surface area contributed by atoms with Gasteiger partial charge in [-0.05, 0) is 22.4 Å². The predicted molar refractivity (Wildman–Crippen MR) is 103 cm³/mol. The van der Waals surface area contributed by atoms with Crippen LogP contribution in [0.25, 0.3) is 10.8 Å². The van der Waals surface area contributed by atoms with E-state index < -0.39 is 12.1 Å². The van der Waals surface area contributed by atoms with E-state index in [-0.39, 0.29) is 18.3 Å². The maximum absolute atomic E-state index is 12.8. The molecule has 1 aliphatic heterocycles. The molecule has 1 saturated heterocycles. The SMILES string of the molecule is O=C(N[C@H](c1ccccc1)c1c(O)ccc2ccccc12)[C@@H]1COCCO1. The maximum atomic E-state index is 12.8. The Morgan fingerprint density at radius 3 is 2.56 bits per heavy atom. The topological polar surface area (TPSA) is 67.8 Å². The number of ether oxygens (including phenoxy) is 2. The van der Waals surface area contributed by atoms with Gasteiger partial charge < -0.3 is 19.9 Å². The second-order valence-electron chi connectivity index (χ2n) is 6.51. The van der Waals surface area contributed by atoms with Crippen molar-refractivity contribution in [3.8, 4) is 5.75 Å². The average Bonchev–Trinajstić information content (AvgIpc) is 2.73. The predicted octanol–water partition coefficient (Wildman–Crippen LogP) is 3.17. The fraction of sp³-hybridized carbons (Fsp3) is 0.227. The molecule has 5 nitrogen and oxygen atoms in total. The minimum atomic E-state index is -0.651. The number of hydrogen-bond acceptors (Lipinski definition) is 4. The van der Waals surface area contributed by atoms with Gasteiger partial charge in [-0.15, -0.1) is 0 Å². The fourth-order valence-electron chi connectivity index (χ4n) is 3.43. The summed E-state index contributed by atoms with van der Waals surface area (Å²) in [6, 6.07) is 20.5. The van der Waals surface area contributed by atoms with Gasteiger partial charge in [-0.3, -0.25) is 4.79 Å². The molecule has 0 radical (unpaired) electrons. The highest BCUT2D eigenvalue weighted by Crippen LogP contribution is 2.35. The Balaban J connectivity index is 1.77. The molecule has 5 heteroatoms. The van der Waals surface area contributed by atoms with E-state index in [4.69, 9.17) is 9.47 Å². The minimum Gasteiger partial charge on any atom is -0.508 e. The lowest BCUT2D eigenvalue weighted by molar-refractivity contribution is -0.148. The van der Waals surface area contributed by atoms with Crippen LogP contribution in [-0.4, -0.2) is 36.9 Å². The zero-order valence-electron chi connectivity index (χ0n) is 14.8. The number of amides is 1. The summed E-state index contributed by atoms with van der Waals surface area (Å²) >= 11 is 0. The first-order valence-electron chi connectivity index (χ1n) is 8.99. The van der Waals surface area contributed by atoms with Crippen molar-refractivity contribution in [3.05, 3.63) is 77.9 Å². The van der Waals surface area contributed by atoms with E-state index in [0.717, 1.165) is 16.3 Å². The van der Waals surface area contributed by atoms with E-state index in [1.165, 1.54) is 0 Å². The molecule has 1 heterocycles. The van der Waals surface area contributed by atoms with Crippen molar-refractivity contribution >= 4 is 16.7 Å². The molecule has 1 fully saturated rings. The van der Waals surface area contributed by atoms with Crippen LogP contribution < -0.4 is 5.32 Å². The lowest BCUT2D eigenvalue weighted by Gasteiger charge is -2.27. The highest BCUT2D eigenvalue weighted by atomic mass is 16.6. The van der Waals surface area contributed by atoms with Crippen molar-refractivity contribution in [2.45, 2.75) is 12.1 Å². The van der Waals surface area contributed by atoms with Crippen LogP contribution in [0.15, 0.2) is 66.7 Å². The molecule has 1 amide bonds. The quantitative estimate of drug-likeness (QED) is 0.747. The van der Waals surface area contributed by atoms with E-state index in [9.17, 15) is 9.90 Å². The molecule has 0 bridgehead atoms. The summed E-state index contributed by atoms with van der Waals surface area (Å²) in [5.41, 5.74) is 1.55. The Bertz CT molecular complexity index is 935.